The number of hydrogen-bond donors (Lipinski definition) is 0. The zero-order valence-corrected chi connectivity index (χ0v) is 13.6. The van der Waals surface area contributed by atoms with Crippen LogP contribution in [0.2, 0.25) is 0 Å². The first-order chi connectivity index (χ1) is 12.2. The highest BCUT2D eigenvalue weighted by Gasteiger charge is 2.15. The summed E-state index contributed by atoms with van der Waals surface area (Å²) in [6.07, 6.45) is 0. The van der Waals surface area contributed by atoms with Gasteiger partial charge in [-0.15, -0.1) is 0 Å². The topological polar surface area (TPSA) is 60.6 Å². The number of fused-ring (bicyclic) bond motifs is 1. The molecule has 0 bridgehead atoms. The molecule has 0 saturated heterocycles. The van der Waals surface area contributed by atoms with Crippen molar-refractivity contribution in [3.05, 3.63) is 59.7 Å². The fraction of sp³-hybridized carbons (Fsp3) is 0.222. The second-order valence-corrected chi connectivity index (χ2v) is 5.88. The molecule has 3 aromatic rings. The van der Waals surface area contributed by atoms with E-state index in [1.807, 2.05) is 25.2 Å². The summed E-state index contributed by atoms with van der Waals surface area (Å²) in [6, 6.07) is 11.9. The smallest absolute Gasteiger partial charge is 0.241 e. The van der Waals surface area contributed by atoms with Crippen molar-refractivity contribution in [1.29, 1.82) is 0 Å². The minimum absolute atomic E-state index is 0.267. The number of ether oxygens (including phenoxy) is 2. The molecule has 0 unspecified atom stereocenters. The molecule has 0 N–H and O–H groups in total. The van der Waals surface area contributed by atoms with Crippen molar-refractivity contribution in [2.24, 2.45) is 0 Å². The van der Waals surface area contributed by atoms with Gasteiger partial charge in [0.1, 0.15) is 5.82 Å². The van der Waals surface area contributed by atoms with Crippen LogP contribution in [-0.4, -0.2) is 28.9 Å². The van der Waals surface area contributed by atoms with Crippen molar-refractivity contribution in [3.63, 3.8) is 0 Å². The molecule has 1 aromatic heterocycles. The van der Waals surface area contributed by atoms with Crippen LogP contribution in [0.15, 0.2) is 47.0 Å². The highest BCUT2D eigenvalue weighted by Crippen LogP contribution is 2.32. The van der Waals surface area contributed by atoms with Gasteiger partial charge in [-0.3, -0.25) is 4.90 Å². The molecule has 0 aliphatic carbocycles. The van der Waals surface area contributed by atoms with Gasteiger partial charge in [-0.1, -0.05) is 11.2 Å². The SMILES string of the molecule is CN(Cc1ccc2c(c1)OCO2)Cc1nc(-c2ccc(F)cc2)no1. The second kappa shape index (κ2) is 6.52. The summed E-state index contributed by atoms with van der Waals surface area (Å²) in [6.45, 7) is 1.47. The van der Waals surface area contributed by atoms with E-state index in [-0.39, 0.29) is 12.6 Å². The van der Waals surface area contributed by atoms with E-state index in [2.05, 4.69) is 15.0 Å². The van der Waals surface area contributed by atoms with Crippen molar-refractivity contribution in [1.82, 2.24) is 15.0 Å². The molecule has 2 aromatic carbocycles. The number of benzene rings is 2. The molecule has 6 nitrogen and oxygen atoms in total. The third-order valence-corrected chi connectivity index (χ3v) is 3.87. The van der Waals surface area contributed by atoms with Crippen molar-refractivity contribution in [3.8, 4) is 22.9 Å². The lowest BCUT2D eigenvalue weighted by molar-refractivity contribution is 0.174. The Balaban J connectivity index is 1.41. The summed E-state index contributed by atoms with van der Waals surface area (Å²) in [7, 11) is 1.96. The third-order valence-electron chi connectivity index (χ3n) is 3.87. The Bertz CT molecular complexity index is 880. The van der Waals surface area contributed by atoms with Crippen LogP contribution in [-0.2, 0) is 13.1 Å². The zero-order chi connectivity index (χ0) is 17.2. The summed E-state index contributed by atoms with van der Waals surface area (Å²) < 4.78 is 29.0. The molecule has 7 heteroatoms. The fourth-order valence-corrected chi connectivity index (χ4v) is 2.67. The number of hydrogen-bond acceptors (Lipinski definition) is 6. The Morgan fingerprint density at radius 2 is 1.84 bits per heavy atom. The number of aromatic nitrogens is 2. The van der Waals surface area contributed by atoms with E-state index in [1.165, 1.54) is 12.1 Å². The van der Waals surface area contributed by atoms with E-state index in [1.54, 1.807) is 12.1 Å². The Kier molecular flexibility index (Phi) is 4.07. The predicted octanol–water partition coefficient (Wildman–Crippen LogP) is 3.24. The van der Waals surface area contributed by atoms with E-state index in [9.17, 15) is 4.39 Å². The number of nitrogens with zero attached hydrogens (tertiary/aromatic N) is 3. The average molecular weight is 341 g/mol. The van der Waals surface area contributed by atoms with Crippen LogP contribution < -0.4 is 9.47 Å². The highest BCUT2D eigenvalue weighted by atomic mass is 19.1. The molecule has 1 aliphatic heterocycles. The van der Waals surface area contributed by atoms with Gasteiger partial charge in [-0.05, 0) is 49.0 Å². The van der Waals surface area contributed by atoms with E-state index in [0.717, 1.165) is 22.6 Å². The summed E-state index contributed by atoms with van der Waals surface area (Å²) in [5.41, 5.74) is 1.82. The molecule has 0 fully saturated rings. The number of halogens is 1. The summed E-state index contributed by atoms with van der Waals surface area (Å²) in [4.78, 5) is 6.42. The Morgan fingerprint density at radius 1 is 1.04 bits per heavy atom. The molecule has 0 atom stereocenters. The quantitative estimate of drug-likeness (QED) is 0.710. The van der Waals surface area contributed by atoms with Gasteiger partial charge in [-0.2, -0.15) is 4.98 Å². The lowest BCUT2D eigenvalue weighted by Crippen LogP contribution is -2.17. The van der Waals surface area contributed by atoms with Crippen LogP contribution in [0.4, 0.5) is 4.39 Å². The van der Waals surface area contributed by atoms with E-state index < -0.39 is 0 Å². The number of rotatable bonds is 5. The van der Waals surface area contributed by atoms with Gasteiger partial charge in [0.05, 0.1) is 6.54 Å². The second-order valence-electron chi connectivity index (χ2n) is 5.88. The molecule has 25 heavy (non-hydrogen) atoms. The van der Waals surface area contributed by atoms with E-state index in [4.69, 9.17) is 14.0 Å². The largest absolute Gasteiger partial charge is 0.454 e. The Hall–Kier alpha value is -2.93. The first kappa shape index (κ1) is 15.6. The van der Waals surface area contributed by atoms with Gasteiger partial charge < -0.3 is 14.0 Å². The van der Waals surface area contributed by atoms with Gasteiger partial charge >= 0.3 is 0 Å². The minimum Gasteiger partial charge on any atom is -0.454 e. The molecule has 4 rings (SSSR count). The molecule has 0 amide bonds. The van der Waals surface area contributed by atoms with Gasteiger partial charge in [0.2, 0.25) is 18.5 Å². The molecule has 1 aliphatic rings. The third kappa shape index (κ3) is 3.46. The summed E-state index contributed by atoms with van der Waals surface area (Å²) in [5.74, 6) is 2.19. The first-order valence-corrected chi connectivity index (χ1v) is 7.83. The average Bonchev–Trinajstić information content (AvgIpc) is 3.24. The van der Waals surface area contributed by atoms with E-state index >= 15 is 0 Å². The summed E-state index contributed by atoms with van der Waals surface area (Å²) in [5, 5.41) is 3.95. The zero-order valence-electron chi connectivity index (χ0n) is 13.6. The van der Waals surface area contributed by atoms with Crippen molar-refractivity contribution in [2.45, 2.75) is 13.1 Å². The van der Waals surface area contributed by atoms with Crippen LogP contribution in [0.25, 0.3) is 11.4 Å². The molecule has 128 valence electrons. The monoisotopic (exact) mass is 341 g/mol. The maximum Gasteiger partial charge on any atom is 0.241 e. The normalized spacial score (nSPS) is 12.8. The van der Waals surface area contributed by atoms with Gasteiger partial charge in [0.15, 0.2) is 11.5 Å². The van der Waals surface area contributed by atoms with Crippen molar-refractivity contribution in [2.75, 3.05) is 13.8 Å². The molecule has 0 saturated carbocycles. The Labute approximate surface area is 143 Å². The van der Waals surface area contributed by atoms with Crippen molar-refractivity contribution < 1.29 is 18.4 Å². The lowest BCUT2D eigenvalue weighted by atomic mass is 10.2. The summed E-state index contributed by atoms with van der Waals surface area (Å²) >= 11 is 0. The van der Waals surface area contributed by atoms with Crippen LogP contribution in [0, 0.1) is 5.82 Å². The molecule has 0 spiro atoms. The highest BCUT2D eigenvalue weighted by molar-refractivity contribution is 5.53. The maximum atomic E-state index is 13.0. The van der Waals surface area contributed by atoms with E-state index in [0.29, 0.717) is 24.8 Å². The van der Waals surface area contributed by atoms with Crippen LogP contribution in [0.5, 0.6) is 11.5 Å². The lowest BCUT2D eigenvalue weighted by Gasteiger charge is -2.14. The predicted molar refractivity (Wildman–Crippen MR) is 87.4 cm³/mol. The maximum absolute atomic E-state index is 13.0. The molecular weight excluding hydrogens is 325 g/mol. The molecule has 2 heterocycles. The Morgan fingerprint density at radius 3 is 2.68 bits per heavy atom. The van der Waals surface area contributed by atoms with Crippen molar-refractivity contribution >= 4 is 0 Å². The fourth-order valence-electron chi connectivity index (χ4n) is 2.67. The molecular formula is C18H16FN3O3. The van der Waals surface area contributed by atoms with Gasteiger partial charge in [0.25, 0.3) is 0 Å². The minimum atomic E-state index is -0.295. The van der Waals surface area contributed by atoms with Crippen LogP contribution >= 0.6 is 0 Å². The first-order valence-electron chi connectivity index (χ1n) is 7.83. The standard InChI is InChI=1S/C18H16FN3O3/c1-22(9-12-2-7-15-16(8-12)24-11-23-15)10-17-20-18(21-25-17)13-3-5-14(19)6-4-13/h2-8H,9-11H2,1H3. The van der Waals surface area contributed by atoms with Gasteiger partial charge in [0, 0.05) is 12.1 Å². The molecule has 0 radical (unpaired) electrons. The van der Waals surface area contributed by atoms with Crippen LogP contribution in [0.3, 0.4) is 0 Å². The van der Waals surface area contributed by atoms with Crippen LogP contribution in [0.1, 0.15) is 11.5 Å². The van der Waals surface area contributed by atoms with Gasteiger partial charge in [-0.25, -0.2) is 4.39 Å².